The van der Waals surface area contributed by atoms with Gasteiger partial charge in [-0.3, -0.25) is 9.69 Å². The minimum atomic E-state index is -0.663. The van der Waals surface area contributed by atoms with Crippen molar-refractivity contribution in [1.29, 1.82) is 0 Å². The molecule has 1 N–H and O–H groups in total. The normalized spacial score (nSPS) is 17.2. The van der Waals surface area contributed by atoms with Crippen LogP contribution in [0.25, 0.3) is 0 Å². The molecule has 0 aliphatic heterocycles. The molecule has 0 aromatic rings. The summed E-state index contributed by atoms with van der Waals surface area (Å²) in [5.74, 6) is -0.663. The first-order valence-corrected chi connectivity index (χ1v) is 7.70. The summed E-state index contributed by atoms with van der Waals surface area (Å²) in [6.07, 6.45) is 11.9. The fourth-order valence-corrected chi connectivity index (χ4v) is 2.90. The molecule has 106 valence electrons. The van der Waals surface area contributed by atoms with E-state index in [0.717, 1.165) is 13.1 Å². The first-order chi connectivity index (χ1) is 8.74. The lowest BCUT2D eigenvalue weighted by atomic mass is 9.94. The van der Waals surface area contributed by atoms with Crippen molar-refractivity contribution >= 4 is 5.97 Å². The average Bonchev–Trinajstić information content (AvgIpc) is 2.38. The Morgan fingerprint density at radius 3 is 2.44 bits per heavy atom. The van der Waals surface area contributed by atoms with E-state index < -0.39 is 5.97 Å². The maximum atomic E-state index is 10.7. The first kappa shape index (κ1) is 15.5. The third kappa shape index (κ3) is 6.39. The number of carboxylic acid groups (broad SMARTS) is 1. The molecule has 1 rings (SSSR count). The molecule has 0 aromatic heterocycles. The van der Waals surface area contributed by atoms with Gasteiger partial charge in [0.15, 0.2) is 0 Å². The van der Waals surface area contributed by atoms with Crippen molar-refractivity contribution in [3.8, 4) is 0 Å². The quantitative estimate of drug-likeness (QED) is 0.639. The van der Waals surface area contributed by atoms with E-state index in [4.69, 9.17) is 5.11 Å². The zero-order chi connectivity index (χ0) is 13.2. The SMILES string of the molecule is CCCCCCN(CCC(=O)O)C1CCCCC1. The first-order valence-electron chi connectivity index (χ1n) is 7.70. The molecule has 3 nitrogen and oxygen atoms in total. The number of unbranched alkanes of at least 4 members (excludes halogenated alkanes) is 3. The number of nitrogens with zero attached hydrogens (tertiary/aromatic N) is 1. The molecule has 0 saturated heterocycles. The van der Waals surface area contributed by atoms with Gasteiger partial charge in [0.2, 0.25) is 0 Å². The van der Waals surface area contributed by atoms with Crippen molar-refractivity contribution in [2.75, 3.05) is 13.1 Å². The molecule has 1 aliphatic carbocycles. The van der Waals surface area contributed by atoms with Gasteiger partial charge in [-0.25, -0.2) is 0 Å². The Kier molecular flexibility index (Phi) is 8.06. The summed E-state index contributed by atoms with van der Waals surface area (Å²) in [6, 6.07) is 0.653. The molecule has 0 bridgehead atoms. The van der Waals surface area contributed by atoms with Gasteiger partial charge in [0, 0.05) is 12.6 Å². The maximum Gasteiger partial charge on any atom is 0.304 e. The maximum absolute atomic E-state index is 10.7. The van der Waals surface area contributed by atoms with Crippen LogP contribution in [0, 0.1) is 0 Å². The van der Waals surface area contributed by atoms with E-state index in [0.29, 0.717) is 12.5 Å². The van der Waals surface area contributed by atoms with Crippen molar-refractivity contribution in [3.05, 3.63) is 0 Å². The van der Waals surface area contributed by atoms with E-state index in [9.17, 15) is 4.79 Å². The van der Waals surface area contributed by atoms with E-state index in [2.05, 4.69) is 11.8 Å². The van der Waals surface area contributed by atoms with Crippen LogP contribution in [-0.4, -0.2) is 35.1 Å². The second kappa shape index (κ2) is 9.37. The van der Waals surface area contributed by atoms with Crippen LogP contribution < -0.4 is 0 Å². The lowest BCUT2D eigenvalue weighted by Crippen LogP contribution is -2.38. The monoisotopic (exact) mass is 255 g/mol. The van der Waals surface area contributed by atoms with Gasteiger partial charge >= 0.3 is 5.97 Å². The number of carboxylic acids is 1. The summed E-state index contributed by atoms with van der Waals surface area (Å²) in [7, 11) is 0. The molecule has 1 aliphatic rings. The Hall–Kier alpha value is -0.570. The molecule has 1 saturated carbocycles. The topological polar surface area (TPSA) is 40.5 Å². The predicted molar refractivity (Wildman–Crippen MR) is 74.8 cm³/mol. The van der Waals surface area contributed by atoms with Gasteiger partial charge in [-0.05, 0) is 25.8 Å². The summed E-state index contributed by atoms with van der Waals surface area (Å²) in [4.78, 5) is 13.2. The van der Waals surface area contributed by atoms with Gasteiger partial charge in [-0.15, -0.1) is 0 Å². The highest BCUT2D eigenvalue weighted by atomic mass is 16.4. The fourth-order valence-electron chi connectivity index (χ4n) is 2.90. The van der Waals surface area contributed by atoms with Crippen LogP contribution in [0.2, 0.25) is 0 Å². The van der Waals surface area contributed by atoms with Gasteiger partial charge in [0.25, 0.3) is 0 Å². The molecule has 1 fully saturated rings. The number of hydrogen-bond acceptors (Lipinski definition) is 2. The van der Waals surface area contributed by atoms with Crippen molar-refractivity contribution < 1.29 is 9.90 Å². The third-order valence-corrected chi connectivity index (χ3v) is 4.00. The van der Waals surface area contributed by atoms with E-state index >= 15 is 0 Å². The van der Waals surface area contributed by atoms with Crippen LogP contribution in [0.5, 0.6) is 0 Å². The molecule has 0 unspecified atom stereocenters. The summed E-state index contributed by atoms with van der Waals surface area (Å²) in [6.45, 7) is 4.06. The van der Waals surface area contributed by atoms with Gasteiger partial charge in [-0.2, -0.15) is 0 Å². The van der Waals surface area contributed by atoms with E-state index in [-0.39, 0.29) is 0 Å². The minimum Gasteiger partial charge on any atom is -0.481 e. The molecule has 0 amide bonds. The molecule has 18 heavy (non-hydrogen) atoms. The van der Waals surface area contributed by atoms with Gasteiger partial charge in [-0.1, -0.05) is 45.4 Å². The zero-order valence-corrected chi connectivity index (χ0v) is 11.9. The second-order valence-electron chi connectivity index (χ2n) is 5.53. The van der Waals surface area contributed by atoms with Crippen LogP contribution in [-0.2, 0) is 4.79 Å². The summed E-state index contributed by atoms with van der Waals surface area (Å²) >= 11 is 0. The van der Waals surface area contributed by atoms with Crippen LogP contribution in [0.15, 0.2) is 0 Å². The largest absolute Gasteiger partial charge is 0.481 e. The number of rotatable bonds is 9. The Bertz CT molecular complexity index is 225. The highest BCUT2D eigenvalue weighted by molar-refractivity contribution is 5.66. The molecule has 0 atom stereocenters. The highest BCUT2D eigenvalue weighted by Gasteiger charge is 2.20. The second-order valence-corrected chi connectivity index (χ2v) is 5.53. The highest BCUT2D eigenvalue weighted by Crippen LogP contribution is 2.23. The Morgan fingerprint density at radius 2 is 1.83 bits per heavy atom. The average molecular weight is 255 g/mol. The molecule has 0 spiro atoms. The van der Waals surface area contributed by atoms with E-state index in [1.54, 1.807) is 0 Å². The summed E-state index contributed by atoms with van der Waals surface area (Å²) in [5.41, 5.74) is 0. The Morgan fingerprint density at radius 1 is 1.11 bits per heavy atom. The summed E-state index contributed by atoms with van der Waals surface area (Å²) < 4.78 is 0. The predicted octanol–water partition coefficient (Wildman–Crippen LogP) is 3.68. The minimum absolute atomic E-state index is 0.296. The van der Waals surface area contributed by atoms with Crippen molar-refractivity contribution in [1.82, 2.24) is 4.90 Å². The van der Waals surface area contributed by atoms with Crippen LogP contribution in [0.4, 0.5) is 0 Å². The number of hydrogen-bond donors (Lipinski definition) is 1. The zero-order valence-electron chi connectivity index (χ0n) is 11.9. The van der Waals surface area contributed by atoms with Crippen molar-refractivity contribution in [2.45, 2.75) is 77.2 Å². The summed E-state index contributed by atoms with van der Waals surface area (Å²) in [5, 5.41) is 8.84. The van der Waals surface area contributed by atoms with Gasteiger partial charge < -0.3 is 5.11 Å². The van der Waals surface area contributed by atoms with Crippen molar-refractivity contribution in [2.24, 2.45) is 0 Å². The van der Waals surface area contributed by atoms with Crippen molar-refractivity contribution in [3.63, 3.8) is 0 Å². The van der Waals surface area contributed by atoms with Crippen LogP contribution in [0.3, 0.4) is 0 Å². The molecule has 0 aromatic carbocycles. The Labute approximate surface area is 112 Å². The number of aliphatic carboxylic acids is 1. The molecular formula is C15H29NO2. The fraction of sp³-hybridized carbons (Fsp3) is 0.933. The molecule has 0 heterocycles. The lowest BCUT2D eigenvalue weighted by Gasteiger charge is -2.34. The standard InChI is InChI=1S/C15H29NO2/c1-2-3-4-8-12-16(13-11-15(17)18)14-9-6-5-7-10-14/h14H,2-13H2,1H3,(H,17,18). The van der Waals surface area contributed by atoms with E-state index in [1.807, 2.05) is 0 Å². The molecule has 3 heteroatoms. The number of carbonyl (C=O) groups is 1. The third-order valence-electron chi connectivity index (χ3n) is 4.00. The van der Waals surface area contributed by atoms with Gasteiger partial charge in [0.1, 0.15) is 0 Å². The van der Waals surface area contributed by atoms with Gasteiger partial charge in [0.05, 0.1) is 6.42 Å². The van der Waals surface area contributed by atoms with E-state index in [1.165, 1.54) is 57.8 Å². The molecular weight excluding hydrogens is 226 g/mol. The van der Waals surface area contributed by atoms with Crippen LogP contribution >= 0.6 is 0 Å². The van der Waals surface area contributed by atoms with Crippen LogP contribution in [0.1, 0.15) is 71.1 Å². The lowest BCUT2D eigenvalue weighted by molar-refractivity contribution is -0.137. The smallest absolute Gasteiger partial charge is 0.304 e. The Balaban J connectivity index is 2.32. The molecule has 0 radical (unpaired) electrons.